The van der Waals surface area contributed by atoms with Gasteiger partial charge in [0.05, 0.1) is 18.4 Å². The second-order valence-corrected chi connectivity index (χ2v) is 6.01. The fraction of sp³-hybridized carbons (Fsp3) is 0.389. The zero-order valence-corrected chi connectivity index (χ0v) is 13.6. The molecular weight excluding hydrogens is 298 g/mol. The summed E-state index contributed by atoms with van der Waals surface area (Å²) in [5.74, 6) is -0.239. The number of rotatable bonds is 6. The first-order valence-corrected chi connectivity index (χ1v) is 8.05. The molecule has 0 bridgehead atoms. The van der Waals surface area contributed by atoms with Crippen molar-refractivity contribution in [2.75, 3.05) is 6.61 Å². The number of allylic oxidation sites excluding steroid dienone is 4. The molecule has 0 radical (unpaired) electrons. The van der Waals surface area contributed by atoms with Crippen LogP contribution in [-0.2, 0) is 16.0 Å². The number of hydrogen-bond donors (Lipinski definition) is 1. The number of carbonyl (C=O) groups excluding carboxylic acids is 1. The molecule has 0 fully saturated rings. The zero-order valence-electron chi connectivity index (χ0n) is 12.8. The highest BCUT2D eigenvalue weighted by Crippen LogP contribution is 2.24. The Morgan fingerprint density at radius 3 is 2.77 bits per heavy atom. The van der Waals surface area contributed by atoms with Crippen molar-refractivity contribution in [2.45, 2.75) is 37.6 Å². The van der Waals surface area contributed by atoms with Crippen LogP contribution < -0.4 is 5.73 Å². The summed E-state index contributed by atoms with van der Waals surface area (Å²) in [6.45, 7) is 2.19. The van der Waals surface area contributed by atoms with E-state index in [1.807, 2.05) is 12.1 Å². The predicted octanol–water partition coefficient (Wildman–Crippen LogP) is 3.46. The van der Waals surface area contributed by atoms with Crippen LogP contribution in [0.3, 0.4) is 0 Å². The summed E-state index contributed by atoms with van der Waals surface area (Å²) in [5, 5.41) is 0.0673. The molecule has 2 rings (SSSR count). The molecule has 1 aliphatic rings. The molecule has 4 heteroatoms. The summed E-state index contributed by atoms with van der Waals surface area (Å²) in [4.78, 5) is 11.4. The van der Waals surface area contributed by atoms with E-state index in [2.05, 4.69) is 30.4 Å². The van der Waals surface area contributed by atoms with E-state index < -0.39 is 0 Å². The summed E-state index contributed by atoms with van der Waals surface area (Å²) in [6, 6.07) is 8.01. The van der Waals surface area contributed by atoms with Crippen molar-refractivity contribution < 1.29 is 9.53 Å². The second-order valence-electron chi connectivity index (χ2n) is 5.45. The van der Waals surface area contributed by atoms with Gasteiger partial charge in [-0.25, -0.2) is 0 Å². The number of ether oxygens (including phenoxy) is 1. The highest BCUT2D eigenvalue weighted by atomic mass is 35.5. The second kappa shape index (κ2) is 8.16. The van der Waals surface area contributed by atoms with Crippen LogP contribution in [0.1, 0.15) is 30.9 Å². The van der Waals surface area contributed by atoms with E-state index in [1.54, 1.807) is 6.92 Å². The molecule has 22 heavy (non-hydrogen) atoms. The molecule has 2 unspecified atom stereocenters. The normalized spacial score (nSPS) is 18.7. The maximum Gasteiger partial charge on any atom is 0.307 e. The van der Waals surface area contributed by atoms with Crippen LogP contribution in [0.25, 0.3) is 5.57 Å². The monoisotopic (exact) mass is 319 g/mol. The van der Waals surface area contributed by atoms with Crippen molar-refractivity contribution in [3.63, 3.8) is 0 Å². The SMILES string of the molecule is CCOC(=O)CC(N)Cc1ccc(C2=CC(Cl)CC=C2)cc1. The Kier molecular flexibility index (Phi) is 6.22. The molecule has 118 valence electrons. The van der Waals surface area contributed by atoms with Gasteiger partial charge in [0.2, 0.25) is 0 Å². The molecule has 2 atom stereocenters. The van der Waals surface area contributed by atoms with Crippen LogP contribution in [0.2, 0.25) is 0 Å². The maximum atomic E-state index is 11.4. The van der Waals surface area contributed by atoms with Gasteiger partial charge in [0.1, 0.15) is 0 Å². The van der Waals surface area contributed by atoms with Gasteiger partial charge in [-0.3, -0.25) is 4.79 Å². The van der Waals surface area contributed by atoms with E-state index in [-0.39, 0.29) is 23.8 Å². The van der Waals surface area contributed by atoms with Gasteiger partial charge in [-0.2, -0.15) is 0 Å². The van der Waals surface area contributed by atoms with Gasteiger partial charge >= 0.3 is 5.97 Å². The quantitative estimate of drug-likeness (QED) is 0.645. The lowest BCUT2D eigenvalue weighted by Crippen LogP contribution is -2.27. The Bertz CT molecular complexity index is 563. The van der Waals surface area contributed by atoms with Gasteiger partial charge in [-0.1, -0.05) is 42.5 Å². The van der Waals surface area contributed by atoms with Crippen molar-refractivity contribution in [3.05, 3.63) is 53.6 Å². The van der Waals surface area contributed by atoms with E-state index in [0.29, 0.717) is 13.0 Å². The third-order valence-corrected chi connectivity index (χ3v) is 3.84. The molecule has 1 aromatic rings. The summed E-state index contributed by atoms with van der Waals surface area (Å²) in [5.41, 5.74) is 9.40. The largest absolute Gasteiger partial charge is 0.466 e. The van der Waals surface area contributed by atoms with Crippen molar-refractivity contribution in [1.29, 1.82) is 0 Å². The topological polar surface area (TPSA) is 52.3 Å². The lowest BCUT2D eigenvalue weighted by Gasteiger charge is -2.13. The summed E-state index contributed by atoms with van der Waals surface area (Å²) >= 11 is 6.15. The third-order valence-electron chi connectivity index (χ3n) is 3.54. The fourth-order valence-electron chi connectivity index (χ4n) is 2.48. The highest BCUT2D eigenvalue weighted by Gasteiger charge is 2.12. The number of halogens is 1. The average Bonchev–Trinajstić information content (AvgIpc) is 2.48. The first kappa shape index (κ1) is 16.8. The van der Waals surface area contributed by atoms with E-state index in [0.717, 1.165) is 23.1 Å². The van der Waals surface area contributed by atoms with Crippen molar-refractivity contribution in [2.24, 2.45) is 5.73 Å². The number of esters is 1. The van der Waals surface area contributed by atoms with Crippen LogP contribution in [0.4, 0.5) is 0 Å². The molecule has 1 aliphatic carbocycles. The molecule has 0 spiro atoms. The Hall–Kier alpha value is -1.58. The van der Waals surface area contributed by atoms with Crippen LogP contribution in [0.5, 0.6) is 0 Å². The van der Waals surface area contributed by atoms with Crippen molar-refractivity contribution in [1.82, 2.24) is 0 Å². The Morgan fingerprint density at radius 2 is 2.14 bits per heavy atom. The van der Waals surface area contributed by atoms with Gasteiger partial charge in [-0.15, -0.1) is 11.6 Å². The Morgan fingerprint density at radius 1 is 1.41 bits per heavy atom. The smallest absolute Gasteiger partial charge is 0.307 e. The van der Waals surface area contributed by atoms with Gasteiger partial charge in [0.15, 0.2) is 0 Å². The Labute approximate surface area is 136 Å². The molecule has 2 N–H and O–H groups in total. The third kappa shape index (κ3) is 5.00. The molecule has 0 saturated carbocycles. The van der Waals surface area contributed by atoms with Crippen LogP contribution in [0.15, 0.2) is 42.5 Å². The number of alkyl halides is 1. The summed E-state index contributed by atoms with van der Waals surface area (Å²) in [6.07, 6.45) is 8.05. The zero-order chi connectivity index (χ0) is 15.9. The fourth-order valence-corrected chi connectivity index (χ4v) is 2.72. The number of carbonyl (C=O) groups is 1. The number of benzene rings is 1. The molecule has 3 nitrogen and oxygen atoms in total. The predicted molar refractivity (Wildman–Crippen MR) is 90.7 cm³/mol. The molecule has 0 heterocycles. The molecule has 0 saturated heterocycles. The molecule has 0 amide bonds. The van der Waals surface area contributed by atoms with Gasteiger partial charge in [0.25, 0.3) is 0 Å². The van der Waals surface area contributed by atoms with Crippen LogP contribution in [-0.4, -0.2) is 24.0 Å². The summed E-state index contributed by atoms with van der Waals surface area (Å²) in [7, 11) is 0. The van der Waals surface area contributed by atoms with E-state index in [9.17, 15) is 4.79 Å². The van der Waals surface area contributed by atoms with Crippen molar-refractivity contribution >= 4 is 23.1 Å². The minimum absolute atomic E-state index is 0.0673. The number of nitrogens with two attached hydrogens (primary N) is 1. The van der Waals surface area contributed by atoms with Crippen LogP contribution >= 0.6 is 11.6 Å². The minimum Gasteiger partial charge on any atom is -0.466 e. The maximum absolute atomic E-state index is 11.4. The first-order valence-electron chi connectivity index (χ1n) is 7.61. The highest BCUT2D eigenvalue weighted by molar-refractivity contribution is 6.22. The van der Waals surface area contributed by atoms with E-state index in [4.69, 9.17) is 22.1 Å². The van der Waals surface area contributed by atoms with Gasteiger partial charge in [0, 0.05) is 6.04 Å². The lowest BCUT2D eigenvalue weighted by atomic mass is 9.96. The van der Waals surface area contributed by atoms with E-state index in [1.165, 1.54) is 0 Å². The molecular formula is C18H22ClNO2. The lowest BCUT2D eigenvalue weighted by molar-refractivity contribution is -0.143. The molecule has 1 aromatic carbocycles. The van der Waals surface area contributed by atoms with Crippen molar-refractivity contribution in [3.8, 4) is 0 Å². The molecule has 0 aliphatic heterocycles. The van der Waals surface area contributed by atoms with Crippen LogP contribution in [0, 0.1) is 0 Å². The summed E-state index contributed by atoms with van der Waals surface area (Å²) < 4.78 is 4.91. The average molecular weight is 320 g/mol. The van der Waals surface area contributed by atoms with E-state index >= 15 is 0 Å². The number of hydrogen-bond acceptors (Lipinski definition) is 3. The molecule has 0 aromatic heterocycles. The van der Waals surface area contributed by atoms with Gasteiger partial charge < -0.3 is 10.5 Å². The standard InChI is InChI=1S/C18H22ClNO2/c1-2-22-18(21)12-17(20)10-13-6-8-14(9-7-13)15-4-3-5-16(19)11-15/h3-4,6-9,11,16-17H,2,5,10,12,20H2,1H3. The minimum atomic E-state index is -0.239. The first-order chi connectivity index (χ1) is 10.6. The van der Waals surface area contributed by atoms with Gasteiger partial charge in [-0.05, 0) is 36.5 Å². The Balaban J connectivity index is 1.94.